The molecule has 0 bridgehead atoms. The van der Waals surface area contributed by atoms with E-state index in [-0.39, 0.29) is 40.8 Å². The molecule has 14 heteroatoms. The number of aliphatic hydroxyl groups is 1. The number of hydrogen-bond donors (Lipinski definition) is 3. The molecule has 4 aromatic rings. The van der Waals surface area contributed by atoms with Gasteiger partial charge in [-0.3, -0.25) is 0 Å². The zero-order valence-electron chi connectivity index (χ0n) is 28.2. The quantitative estimate of drug-likeness (QED) is 0.133. The molecule has 9 nitrogen and oxygen atoms in total. The molecule has 0 aromatic heterocycles. The summed E-state index contributed by atoms with van der Waals surface area (Å²) < 4.78 is 32.9. The molecule has 2 unspecified atom stereocenters. The Morgan fingerprint density at radius 2 is 0.980 bits per heavy atom. The summed E-state index contributed by atoms with van der Waals surface area (Å²) in [6.45, 7) is 9.22. The van der Waals surface area contributed by atoms with E-state index in [9.17, 15) is 5.11 Å². The molecule has 0 radical (unpaired) electrons. The number of rotatable bonds is 9. The monoisotopic (exact) mass is 838 g/mol. The number of hydrogen-bond acceptors (Lipinski definition) is 9. The van der Waals surface area contributed by atoms with E-state index in [1.54, 1.807) is 14.2 Å². The predicted molar refractivity (Wildman–Crippen MR) is 200 cm³/mol. The summed E-state index contributed by atoms with van der Waals surface area (Å²) in [4.78, 5) is 0. The molecular formula is C35H44Cl2N2O7P2Ru+4. The van der Waals surface area contributed by atoms with Gasteiger partial charge in [-0.25, -0.2) is 0 Å². The first-order valence-corrected chi connectivity index (χ1v) is 24.8. The average molecular weight is 839 g/mol. The number of nitrogens with two attached hydrogens (primary N) is 2. The summed E-state index contributed by atoms with van der Waals surface area (Å²) in [5.74, 6) is 4.30. The summed E-state index contributed by atoms with van der Waals surface area (Å²) >= 11 is -0.346. The van der Waals surface area contributed by atoms with Crippen LogP contribution in [0, 0.1) is 0 Å². The van der Waals surface area contributed by atoms with E-state index in [2.05, 4.69) is 38.8 Å². The fourth-order valence-corrected chi connectivity index (χ4v) is 8.03. The van der Waals surface area contributed by atoms with Gasteiger partial charge < -0.3 is 45.0 Å². The van der Waals surface area contributed by atoms with Crippen molar-refractivity contribution in [1.82, 2.24) is 0 Å². The Morgan fingerprint density at radius 1 is 0.633 bits per heavy atom. The minimum atomic E-state index is -0.840. The minimum absolute atomic E-state index is 0.184. The van der Waals surface area contributed by atoms with Gasteiger partial charge in [0.1, 0.15) is 28.2 Å². The van der Waals surface area contributed by atoms with Crippen LogP contribution in [0.1, 0.15) is 40.4 Å². The molecule has 0 saturated carbocycles. The van der Waals surface area contributed by atoms with Gasteiger partial charge >= 0.3 is 34.5 Å². The number of fused-ring (bicyclic) bond motifs is 2. The Bertz CT molecular complexity index is 1550. The van der Waals surface area contributed by atoms with E-state index in [1.165, 1.54) is 0 Å². The van der Waals surface area contributed by atoms with Crippen LogP contribution in [-0.2, 0) is 15.1 Å². The second-order valence-corrected chi connectivity index (χ2v) is 19.3. The van der Waals surface area contributed by atoms with Gasteiger partial charge in [-0.15, -0.1) is 0 Å². The van der Waals surface area contributed by atoms with E-state index < -0.39 is 21.9 Å². The Kier molecular flexibility index (Phi) is 15.1. The summed E-state index contributed by atoms with van der Waals surface area (Å²) in [5, 5.41) is 13.8. The SMILES string of the molecule is COc1ccc(C(N)C(N)c2ccc(OC)cc2)cc1.C[PH+](C)c1ccc2c(c1C(O)c1c([PH+](C)C)ccc3c1OCO3)OCO2.[Cl][Ru+2][Cl]. The maximum atomic E-state index is 11.5. The van der Waals surface area contributed by atoms with E-state index >= 15 is 0 Å². The molecule has 2 aliphatic rings. The van der Waals surface area contributed by atoms with Crippen LogP contribution in [0.3, 0.4) is 0 Å². The van der Waals surface area contributed by atoms with Gasteiger partial charge in [-0.05, 0) is 59.7 Å². The molecule has 4 aromatic carbocycles. The van der Waals surface area contributed by atoms with Gasteiger partial charge in [0.05, 0.1) is 52.0 Å². The second-order valence-electron chi connectivity index (χ2n) is 11.6. The Hall–Kier alpha value is -2.38. The van der Waals surface area contributed by atoms with Crippen molar-refractivity contribution in [1.29, 1.82) is 0 Å². The molecule has 0 spiro atoms. The molecule has 5 N–H and O–H groups in total. The van der Waals surface area contributed by atoms with Crippen molar-refractivity contribution < 1.29 is 48.7 Å². The van der Waals surface area contributed by atoms with Crippen LogP contribution in [0.5, 0.6) is 34.5 Å². The molecule has 2 atom stereocenters. The summed E-state index contributed by atoms with van der Waals surface area (Å²) in [5.41, 5.74) is 16.1. The van der Waals surface area contributed by atoms with Gasteiger partial charge in [0.25, 0.3) is 0 Å². The van der Waals surface area contributed by atoms with Crippen molar-refractivity contribution >= 4 is 45.8 Å². The van der Waals surface area contributed by atoms with Crippen LogP contribution in [0.4, 0.5) is 0 Å². The fourth-order valence-electron chi connectivity index (χ4n) is 5.61. The third-order valence-electron chi connectivity index (χ3n) is 8.17. The molecule has 0 amide bonds. The van der Waals surface area contributed by atoms with E-state index in [0.29, 0.717) is 23.0 Å². The van der Waals surface area contributed by atoms with Gasteiger partial charge in [-0.2, -0.15) is 0 Å². The first-order valence-electron chi connectivity index (χ1n) is 15.3. The zero-order valence-corrected chi connectivity index (χ0v) is 33.5. The van der Waals surface area contributed by atoms with Crippen LogP contribution in [0.2, 0.25) is 0 Å². The summed E-state index contributed by atoms with van der Waals surface area (Å²) in [6, 6.07) is 22.8. The van der Waals surface area contributed by atoms with E-state index in [0.717, 1.165) is 44.4 Å². The molecule has 2 heterocycles. The standard InChI is InChI=1S/C19H22O5P2.C16H20N2O2.2ClH.Ru/c1-25(2)13-7-5-11-18(23-9-21-11)15(13)17(20)16-14(26(3)4)8-6-12-19(16)24-10-22-12;1-19-13-7-3-11(4-8-13)15(17)16(18)12-5-9-14(20-2)10-6-12;;;/h5-8,17,20H,9-10H2,1-4H3;3-10,15-16H,17-18H2,1-2H3;2*1H;/q;;;;+4. The van der Waals surface area contributed by atoms with Crippen LogP contribution in [0.25, 0.3) is 0 Å². The van der Waals surface area contributed by atoms with Crippen molar-refractivity contribution in [3.8, 4) is 34.5 Å². The van der Waals surface area contributed by atoms with Crippen LogP contribution >= 0.6 is 35.2 Å². The molecule has 6 rings (SSSR count). The van der Waals surface area contributed by atoms with Gasteiger partial charge in [0.2, 0.25) is 13.6 Å². The van der Waals surface area contributed by atoms with Crippen LogP contribution in [-0.4, -0.2) is 59.6 Å². The molecule has 264 valence electrons. The van der Waals surface area contributed by atoms with Gasteiger partial charge in [0, 0.05) is 27.9 Å². The zero-order chi connectivity index (χ0) is 35.7. The third kappa shape index (κ3) is 9.50. The number of ether oxygens (including phenoxy) is 6. The maximum absolute atomic E-state index is 11.5. The summed E-state index contributed by atoms with van der Waals surface area (Å²) in [6.07, 6.45) is -0.840. The van der Waals surface area contributed by atoms with Crippen molar-refractivity contribution in [3.05, 3.63) is 95.1 Å². The van der Waals surface area contributed by atoms with Crippen molar-refractivity contribution in [2.45, 2.75) is 18.2 Å². The normalized spacial score (nSPS) is 13.8. The predicted octanol–water partition coefficient (Wildman–Crippen LogP) is 6.20. The molecule has 0 aliphatic carbocycles. The average Bonchev–Trinajstić information content (AvgIpc) is 3.80. The Balaban J connectivity index is 0.000000211. The molecule has 49 heavy (non-hydrogen) atoms. The summed E-state index contributed by atoms with van der Waals surface area (Å²) in [7, 11) is 11.3. The second kappa shape index (κ2) is 18.7. The first kappa shape index (κ1) is 39.4. The number of aliphatic hydroxyl groups excluding tert-OH is 1. The first-order chi connectivity index (χ1) is 23.6. The molecule has 2 aliphatic heterocycles. The number of halogens is 2. The number of benzene rings is 4. The molecular weight excluding hydrogens is 794 g/mol. The number of methoxy groups -OCH3 is 2. The Labute approximate surface area is 306 Å². The third-order valence-corrected chi connectivity index (χ3v) is 11.2. The van der Waals surface area contributed by atoms with Crippen LogP contribution < -0.4 is 50.5 Å². The van der Waals surface area contributed by atoms with Crippen LogP contribution in [0.15, 0.2) is 72.8 Å². The Morgan fingerprint density at radius 3 is 1.29 bits per heavy atom. The van der Waals surface area contributed by atoms with E-state index in [1.807, 2.05) is 60.7 Å². The molecule has 0 saturated heterocycles. The van der Waals surface area contributed by atoms with E-state index in [4.69, 9.17) is 59.3 Å². The van der Waals surface area contributed by atoms with Crippen molar-refractivity contribution in [2.24, 2.45) is 11.5 Å². The van der Waals surface area contributed by atoms with Crippen molar-refractivity contribution in [3.63, 3.8) is 0 Å². The van der Waals surface area contributed by atoms with Crippen molar-refractivity contribution in [2.75, 3.05) is 54.5 Å². The van der Waals surface area contributed by atoms with Gasteiger partial charge in [-0.1, -0.05) is 24.3 Å². The molecule has 0 fully saturated rings. The topological polar surface area (TPSA) is 128 Å². The fraction of sp³-hybridized carbons (Fsp3) is 0.314. The van der Waals surface area contributed by atoms with Gasteiger partial charge in [0.15, 0.2) is 23.0 Å².